The van der Waals surface area contributed by atoms with Gasteiger partial charge < -0.3 is 10.1 Å². The Kier molecular flexibility index (Phi) is 5.30. The molecule has 0 fully saturated rings. The molecule has 0 saturated carbocycles. The summed E-state index contributed by atoms with van der Waals surface area (Å²) in [4.78, 5) is 31.3. The summed E-state index contributed by atoms with van der Waals surface area (Å²) in [5.74, 6) is -0.359. The fourth-order valence-corrected chi connectivity index (χ4v) is 4.08. The van der Waals surface area contributed by atoms with Crippen LogP contribution in [0.5, 0.6) is 0 Å². The first-order chi connectivity index (χ1) is 11.6. The molecule has 2 aromatic rings. The normalized spacial score (nSPS) is 14.1. The molecule has 2 aromatic heterocycles. The number of hydrogen-bond acceptors (Lipinski definition) is 5. The maximum atomic E-state index is 12.7. The summed E-state index contributed by atoms with van der Waals surface area (Å²) in [7, 11) is 0. The topological polar surface area (TPSA) is 72.7 Å². The molecule has 0 unspecified atom stereocenters. The Hall–Kier alpha value is -1.73. The van der Waals surface area contributed by atoms with Crippen molar-refractivity contribution in [2.75, 3.05) is 13.2 Å². The Labute approximate surface area is 144 Å². The Morgan fingerprint density at radius 3 is 3.00 bits per heavy atom. The molecular weight excluding hydrogens is 326 g/mol. The first kappa shape index (κ1) is 17.1. The number of carbonyl (C=O) groups is 1. The van der Waals surface area contributed by atoms with Gasteiger partial charge in [-0.3, -0.25) is 14.0 Å². The van der Waals surface area contributed by atoms with Crippen LogP contribution in [0.25, 0.3) is 4.96 Å². The minimum Gasteiger partial charge on any atom is -0.379 e. The number of rotatable bonds is 6. The molecule has 1 N–H and O–H groups in total. The Morgan fingerprint density at radius 2 is 2.21 bits per heavy atom. The molecule has 0 aliphatic heterocycles. The molecular formula is C17H23N3O3S. The number of ether oxygens (including phenoxy) is 1. The molecule has 7 heteroatoms. The summed E-state index contributed by atoms with van der Waals surface area (Å²) < 4.78 is 7.07. The van der Waals surface area contributed by atoms with Crippen LogP contribution in [0.15, 0.2) is 11.0 Å². The van der Waals surface area contributed by atoms with E-state index < -0.39 is 0 Å². The maximum absolute atomic E-state index is 12.7. The van der Waals surface area contributed by atoms with Crippen LogP contribution in [0.3, 0.4) is 0 Å². The van der Waals surface area contributed by atoms with Crippen molar-refractivity contribution in [2.45, 2.75) is 52.1 Å². The van der Waals surface area contributed by atoms with E-state index in [1.165, 1.54) is 11.1 Å². The van der Waals surface area contributed by atoms with Crippen LogP contribution >= 0.6 is 11.3 Å². The van der Waals surface area contributed by atoms with E-state index in [0.29, 0.717) is 18.1 Å². The van der Waals surface area contributed by atoms with Gasteiger partial charge in [-0.05, 0) is 46.0 Å². The van der Waals surface area contributed by atoms with E-state index in [0.717, 1.165) is 37.8 Å². The van der Waals surface area contributed by atoms with Crippen molar-refractivity contribution in [3.05, 3.63) is 32.7 Å². The van der Waals surface area contributed by atoms with E-state index in [9.17, 15) is 9.59 Å². The van der Waals surface area contributed by atoms with E-state index in [1.54, 1.807) is 15.7 Å². The van der Waals surface area contributed by atoms with Gasteiger partial charge in [0.1, 0.15) is 5.56 Å². The van der Waals surface area contributed by atoms with Crippen molar-refractivity contribution in [1.82, 2.24) is 14.7 Å². The molecule has 24 heavy (non-hydrogen) atoms. The molecule has 1 aliphatic carbocycles. The first-order valence-electron chi connectivity index (χ1n) is 8.50. The Bertz CT molecular complexity index is 794. The number of hydrogen-bond donors (Lipinski definition) is 1. The number of aromatic nitrogens is 2. The summed E-state index contributed by atoms with van der Waals surface area (Å²) in [6.07, 6.45) is 6.42. The molecule has 0 spiro atoms. The lowest BCUT2D eigenvalue weighted by Crippen LogP contribution is -2.33. The molecule has 0 aromatic carbocycles. The highest BCUT2D eigenvalue weighted by atomic mass is 32.1. The fourth-order valence-electron chi connectivity index (χ4n) is 2.91. The molecule has 3 rings (SSSR count). The molecule has 2 heterocycles. The number of aryl methyl sites for hydroxylation is 2. The van der Waals surface area contributed by atoms with Crippen molar-refractivity contribution in [3.8, 4) is 0 Å². The number of amides is 1. The van der Waals surface area contributed by atoms with Crippen LogP contribution in [-0.4, -0.2) is 34.5 Å². The number of nitrogens with zero attached hydrogens (tertiary/aromatic N) is 2. The van der Waals surface area contributed by atoms with E-state index >= 15 is 0 Å². The monoisotopic (exact) mass is 349 g/mol. The summed E-state index contributed by atoms with van der Waals surface area (Å²) in [5.41, 5.74) is 0.900. The third-order valence-electron chi connectivity index (χ3n) is 4.11. The van der Waals surface area contributed by atoms with Crippen LogP contribution in [-0.2, 0) is 17.6 Å². The van der Waals surface area contributed by atoms with Gasteiger partial charge in [0.15, 0.2) is 4.96 Å². The summed E-state index contributed by atoms with van der Waals surface area (Å²) >= 11 is 1.57. The van der Waals surface area contributed by atoms with Crippen molar-refractivity contribution in [1.29, 1.82) is 0 Å². The highest BCUT2D eigenvalue weighted by Gasteiger charge is 2.21. The molecule has 1 amide bonds. The standard InChI is InChI=1S/C17H23N3O3S/c1-11(2)23-9-5-8-18-15(21)12-10-19-17-20(16(12)22)13-6-3-4-7-14(13)24-17/h10-11H,3-9H2,1-2H3,(H,18,21). The molecule has 0 saturated heterocycles. The lowest BCUT2D eigenvalue weighted by atomic mass is 10.0. The first-order valence-corrected chi connectivity index (χ1v) is 9.31. The van der Waals surface area contributed by atoms with Gasteiger partial charge in [-0.25, -0.2) is 4.98 Å². The highest BCUT2D eigenvalue weighted by Crippen LogP contribution is 2.28. The van der Waals surface area contributed by atoms with Crippen molar-refractivity contribution >= 4 is 22.2 Å². The molecule has 130 valence electrons. The zero-order valence-electron chi connectivity index (χ0n) is 14.1. The van der Waals surface area contributed by atoms with Gasteiger partial charge in [0.05, 0.1) is 6.10 Å². The summed E-state index contributed by atoms with van der Waals surface area (Å²) in [6.45, 7) is 5.02. The summed E-state index contributed by atoms with van der Waals surface area (Å²) in [5, 5.41) is 2.78. The van der Waals surface area contributed by atoms with Crippen molar-refractivity contribution < 1.29 is 9.53 Å². The van der Waals surface area contributed by atoms with Crippen LogP contribution in [0.1, 0.15) is 54.0 Å². The lowest BCUT2D eigenvalue weighted by Gasteiger charge is -2.11. The number of thiazole rings is 1. The van der Waals surface area contributed by atoms with E-state index in [-0.39, 0.29) is 23.1 Å². The second-order valence-electron chi connectivity index (χ2n) is 6.30. The second kappa shape index (κ2) is 7.44. The average Bonchev–Trinajstić information content (AvgIpc) is 2.93. The van der Waals surface area contributed by atoms with Gasteiger partial charge in [0.25, 0.3) is 11.5 Å². The molecule has 6 nitrogen and oxygen atoms in total. The second-order valence-corrected chi connectivity index (χ2v) is 7.37. The van der Waals surface area contributed by atoms with Crippen LogP contribution < -0.4 is 10.9 Å². The van der Waals surface area contributed by atoms with Crippen LogP contribution in [0, 0.1) is 0 Å². The number of carbonyl (C=O) groups excluding carboxylic acids is 1. The molecule has 0 radical (unpaired) electrons. The minimum absolute atomic E-state index is 0.114. The Morgan fingerprint density at radius 1 is 1.42 bits per heavy atom. The van der Waals surface area contributed by atoms with Gasteiger partial charge in [-0.15, -0.1) is 11.3 Å². The number of nitrogens with one attached hydrogen (secondary N) is 1. The highest BCUT2D eigenvalue weighted by molar-refractivity contribution is 7.17. The predicted molar refractivity (Wildman–Crippen MR) is 94.0 cm³/mol. The van der Waals surface area contributed by atoms with E-state index in [2.05, 4.69) is 10.3 Å². The maximum Gasteiger partial charge on any atom is 0.271 e. The zero-order chi connectivity index (χ0) is 17.1. The van der Waals surface area contributed by atoms with Gasteiger partial charge in [0.2, 0.25) is 0 Å². The Balaban J connectivity index is 1.74. The summed E-state index contributed by atoms with van der Waals surface area (Å²) in [6, 6.07) is 0. The van der Waals surface area contributed by atoms with Gasteiger partial charge in [-0.1, -0.05) is 0 Å². The third kappa shape index (κ3) is 3.52. The predicted octanol–water partition coefficient (Wildman–Crippen LogP) is 2.18. The van der Waals surface area contributed by atoms with Crippen molar-refractivity contribution in [2.24, 2.45) is 0 Å². The van der Waals surface area contributed by atoms with Crippen molar-refractivity contribution in [3.63, 3.8) is 0 Å². The zero-order valence-corrected chi connectivity index (χ0v) is 14.9. The molecule has 0 bridgehead atoms. The lowest BCUT2D eigenvalue weighted by molar-refractivity contribution is 0.0757. The van der Waals surface area contributed by atoms with Gasteiger partial charge in [-0.2, -0.15) is 0 Å². The third-order valence-corrected chi connectivity index (χ3v) is 5.26. The number of fused-ring (bicyclic) bond motifs is 3. The SMILES string of the molecule is CC(C)OCCCNC(=O)c1cnc2sc3c(n2c1=O)CCCC3. The average molecular weight is 349 g/mol. The largest absolute Gasteiger partial charge is 0.379 e. The molecule has 1 aliphatic rings. The van der Waals surface area contributed by atoms with E-state index in [1.807, 2.05) is 13.8 Å². The van der Waals surface area contributed by atoms with Gasteiger partial charge in [0, 0.05) is 29.9 Å². The van der Waals surface area contributed by atoms with Gasteiger partial charge >= 0.3 is 0 Å². The van der Waals surface area contributed by atoms with E-state index in [4.69, 9.17) is 4.74 Å². The smallest absolute Gasteiger partial charge is 0.271 e. The fraction of sp³-hybridized carbons (Fsp3) is 0.588. The molecule has 0 atom stereocenters. The minimum atomic E-state index is -0.359. The van der Waals surface area contributed by atoms with Crippen LogP contribution in [0.2, 0.25) is 0 Å². The van der Waals surface area contributed by atoms with Crippen LogP contribution in [0.4, 0.5) is 0 Å². The quantitative estimate of drug-likeness (QED) is 0.812.